The molecule has 0 aromatic heterocycles. The van der Waals surface area contributed by atoms with Crippen molar-refractivity contribution >= 4 is 12.2 Å². The molecule has 0 saturated carbocycles. The standard InChI is InChI=1S/C4H7NO2.C3H7NO2/c1-2-3-5-4(6)7;1-2-6-3(4)5/h2,5H,1,3H2,(H,6,7);2H2,1H3,(H2,4,5). The van der Waals surface area contributed by atoms with Crippen LogP contribution in [0.25, 0.3) is 0 Å². The Labute approximate surface area is 76.4 Å². The smallest absolute Gasteiger partial charge is 0.404 e. The fourth-order valence-electron chi connectivity index (χ4n) is 0.302. The van der Waals surface area contributed by atoms with Gasteiger partial charge < -0.3 is 20.9 Å². The molecule has 0 aliphatic carbocycles. The summed E-state index contributed by atoms with van der Waals surface area (Å²) in [5, 5.41) is 9.98. The average Bonchev–Trinajstić information content (AvgIpc) is 2.01. The first-order valence-corrected chi connectivity index (χ1v) is 3.54. The molecule has 6 nitrogen and oxygen atoms in total. The zero-order valence-corrected chi connectivity index (χ0v) is 7.45. The average molecular weight is 190 g/mol. The molecule has 0 saturated heterocycles. The Hall–Kier alpha value is -1.72. The highest BCUT2D eigenvalue weighted by Crippen LogP contribution is 1.66. The van der Waals surface area contributed by atoms with Crippen molar-refractivity contribution in [3.63, 3.8) is 0 Å². The van der Waals surface area contributed by atoms with E-state index in [4.69, 9.17) is 5.11 Å². The van der Waals surface area contributed by atoms with Crippen molar-refractivity contribution in [2.45, 2.75) is 6.92 Å². The van der Waals surface area contributed by atoms with Gasteiger partial charge in [-0.15, -0.1) is 6.58 Å². The van der Waals surface area contributed by atoms with E-state index in [9.17, 15) is 9.59 Å². The Morgan fingerprint density at radius 3 is 2.31 bits per heavy atom. The Balaban J connectivity index is 0. The highest BCUT2D eigenvalue weighted by Gasteiger charge is 1.84. The van der Waals surface area contributed by atoms with Gasteiger partial charge in [0.2, 0.25) is 0 Å². The summed E-state index contributed by atoms with van der Waals surface area (Å²) in [6, 6.07) is 0. The topological polar surface area (TPSA) is 102 Å². The minimum absolute atomic E-state index is 0.315. The van der Waals surface area contributed by atoms with E-state index in [1.165, 1.54) is 6.08 Å². The van der Waals surface area contributed by atoms with Crippen LogP contribution in [-0.4, -0.2) is 30.4 Å². The van der Waals surface area contributed by atoms with Gasteiger partial charge in [-0.3, -0.25) is 0 Å². The molecule has 76 valence electrons. The molecule has 0 rings (SSSR count). The summed E-state index contributed by atoms with van der Waals surface area (Å²) in [6.07, 6.45) is -0.244. The number of hydrogen-bond acceptors (Lipinski definition) is 3. The van der Waals surface area contributed by atoms with Gasteiger partial charge in [-0.2, -0.15) is 0 Å². The Morgan fingerprint density at radius 1 is 1.69 bits per heavy atom. The monoisotopic (exact) mass is 190 g/mol. The molecule has 0 spiro atoms. The zero-order valence-electron chi connectivity index (χ0n) is 7.45. The molecule has 0 unspecified atom stereocenters. The number of primary amides is 1. The van der Waals surface area contributed by atoms with Crippen LogP contribution in [0.2, 0.25) is 0 Å². The number of carboxylic acid groups (broad SMARTS) is 1. The molecule has 0 radical (unpaired) electrons. The quantitative estimate of drug-likeness (QED) is 0.565. The lowest BCUT2D eigenvalue weighted by Gasteiger charge is -1.89. The SMILES string of the molecule is C=CCNC(=O)O.CCOC(N)=O. The second kappa shape index (κ2) is 10.3. The first kappa shape index (κ1) is 13.8. The number of rotatable bonds is 3. The van der Waals surface area contributed by atoms with Gasteiger partial charge in [0.05, 0.1) is 6.61 Å². The molecule has 0 aliphatic rings. The molecule has 0 bridgehead atoms. The van der Waals surface area contributed by atoms with Crippen LogP contribution in [0.1, 0.15) is 6.92 Å². The van der Waals surface area contributed by atoms with Gasteiger partial charge in [-0.1, -0.05) is 6.08 Å². The van der Waals surface area contributed by atoms with Gasteiger partial charge in [0.1, 0.15) is 0 Å². The third kappa shape index (κ3) is 25.3. The Kier molecular flexibility index (Phi) is 10.9. The van der Waals surface area contributed by atoms with Crippen LogP contribution < -0.4 is 11.1 Å². The van der Waals surface area contributed by atoms with E-state index >= 15 is 0 Å². The lowest BCUT2D eigenvalue weighted by Crippen LogP contribution is -2.19. The van der Waals surface area contributed by atoms with Crippen molar-refractivity contribution in [2.75, 3.05) is 13.2 Å². The number of ether oxygens (including phenoxy) is 1. The minimum Gasteiger partial charge on any atom is -0.465 e. The summed E-state index contributed by atoms with van der Waals surface area (Å²) < 4.78 is 4.18. The molecule has 4 N–H and O–H groups in total. The molecular weight excluding hydrogens is 176 g/mol. The zero-order chi connectivity index (χ0) is 10.7. The van der Waals surface area contributed by atoms with Crippen LogP contribution in [0.15, 0.2) is 12.7 Å². The highest BCUT2D eigenvalue weighted by atomic mass is 16.5. The fourth-order valence-corrected chi connectivity index (χ4v) is 0.302. The molecule has 0 heterocycles. The predicted molar refractivity (Wildman–Crippen MR) is 47.4 cm³/mol. The maximum absolute atomic E-state index is 9.60. The number of carbonyl (C=O) groups excluding carboxylic acids is 1. The van der Waals surface area contributed by atoms with Crippen molar-refractivity contribution in [2.24, 2.45) is 5.73 Å². The lowest BCUT2D eigenvalue weighted by molar-refractivity contribution is 0.163. The predicted octanol–water partition coefficient (Wildman–Crippen LogP) is 0.542. The molecule has 13 heavy (non-hydrogen) atoms. The molecule has 0 aromatic carbocycles. The van der Waals surface area contributed by atoms with E-state index in [2.05, 4.69) is 22.4 Å². The van der Waals surface area contributed by atoms with Gasteiger partial charge in [0.15, 0.2) is 0 Å². The molecule has 0 atom stereocenters. The van der Waals surface area contributed by atoms with E-state index in [-0.39, 0.29) is 0 Å². The third-order valence-corrected chi connectivity index (χ3v) is 0.684. The van der Waals surface area contributed by atoms with E-state index < -0.39 is 12.2 Å². The van der Waals surface area contributed by atoms with Crippen LogP contribution in [0.5, 0.6) is 0 Å². The number of amides is 2. The second-order valence-electron chi connectivity index (χ2n) is 1.73. The van der Waals surface area contributed by atoms with Crippen molar-refractivity contribution in [1.82, 2.24) is 5.32 Å². The largest absolute Gasteiger partial charge is 0.465 e. The van der Waals surface area contributed by atoms with Crippen molar-refractivity contribution in [3.8, 4) is 0 Å². The number of carbonyl (C=O) groups is 2. The highest BCUT2D eigenvalue weighted by molar-refractivity contribution is 5.64. The lowest BCUT2D eigenvalue weighted by atomic mass is 10.6. The van der Waals surface area contributed by atoms with Crippen molar-refractivity contribution in [3.05, 3.63) is 12.7 Å². The Morgan fingerprint density at radius 2 is 2.23 bits per heavy atom. The van der Waals surface area contributed by atoms with E-state index in [1.807, 2.05) is 0 Å². The molecule has 6 heteroatoms. The number of nitrogens with one attached hydrogen (secondary N) is 1. The summed E-state index contributed by atoms with van der Waals surface area (Å²) in [5.74, 6) is 0. The molecule has 0 aliphatic heterocycles. The van der Waals surface area contributed by atoms with Crippen LogP contribution in [0.4, 0.5) is 9.59 Å². The van der Waals surface area contributed by atoms with E-state index in [1.54, 1.807) is 6.92 Å². The summed E-state index contributed by atoms with van der Waals surface area (Å²) in [7, 11) is 0. The van der Waals surface area contributed by atoms with Crippen LogP contribution >= 0.6 is 0 Å². The summed E-state index contributed by atoms with van der Waals surface area (Å²) in [4.78, 5) is 19.2. The Bertz CT molecular complexity index is 170. The second-order valence-corrected chi connectivity index (χ2v) is 1.73. The number of nitrogens with two attached hydrogens (primary N) is 1. The molecule has 0 fully saturated rings. The molecule has 0 aromatic rings. The van der Waals surface area contributed by atoms with Gasteiger partial charge >= 0.3 is 12.2 Å². The molecule has 2 amide bonds. The minimum atomic E-state index is -1.01. The van der Waals surface area contributed by atoms with Gasteiger partial charge in [0, 0.05) is 6.54 Å². The van der Waals surface area contributed by atoms with Crippen LogP contribution in [0.3, 0.4) is 0 Å². The number of hydrogen-bond donors (Lipinski definition) is 3. The van der Waals surface area contributed by atoms with E-state index in [0.29, 0.717) is 13.2 Å². The maximum atomic E-state index is 9.60. The summed E-state index contributed by atoms with van der Waals surface area (Å²) in [6.45, 7) is 5.68. The maximum Gasteiger partial charge on any atom is 0.404 e. The first-order valence-electron chi connectivity index (χ1n) is 3.54. The normalized spacial score (nSPS) is 7.46. The van der Waals surface area contributed by atoms with Crippen LogP contribution in [0, 0.1) is 0 Å². The van der Waals surface area contributed by atoms with Gasteiger partial charge in [0.25, 0.3) is 0 Å². The summed E-state index contributed by atoms with van der Waals surface area (Å²) >= 11 is 0. The van der Waals surface area contributed by atoms with E-state index in [0.717, 1.165) is 0 Å². The van der Waals surface area contributed by atoms with Crippen molar-refractivity contribution in [1.29, 1.82) is 0 Å². The van der Waals surface area contributed by atoms with Gasteiger partial charge in [-0.05, 0) is 6.92 Å². The van der Waals surface area contributed by atoms with Crippen molar-refractivity contribution < 1.29 is 19.4 Å². The van der Waals surface area contributed by atoms with Gasteiger partial charge in [-0.25, -0.2) is 9.59 Å². The molecular formula is C7H14N2O4. The summed E-state index contributed by atoms with van der Waals surface area (Å²) in [5.41, 5.74) is 4.54. The third-order valence-electron chi connectivity index (χ3n) is 0.684. The first-order chi connectivity index (χ1) is 6.04. The van der Waals surface area contributed by atoms with Crippen LogP contribution in [-0.2, 0) is 4.74 Å². The fraction of sp³-hybridized carbons (Fsp3) is 0.429.